The molecule has 0 spiro atoms. The molecule has 0 aliphatic carbocycles. The van der Waals surface area contributed by atoms with Crippen LogP contribution >= 0.6 is 11.8 Å². The van der Waals surface area contributed by atoms with E-state index in [-0.39, 0.29) is 17.0 Å². The second-order valence-electron chi connectivity index (χ2n) is 4.02. The minimum atomic E-state index is -0.612. The SMILES string of the molecule is COC(=O)c1ccc(Sc2ccc([N+](=O)[O-])cc2)cc1O. The summed E-state index contributed by atoms with van der Waals surface area (Å²) < 4.78 is 4.54. The maximum Gasteiger partial charge on any atom is 0.341 e. The van der Waals surface area contributed by atoms with E-state index in [1.807, 2.05) is 0 Å². The number of phenols is 1. The van der Waals surface area contributed by atoms with Gasteiger partial charge in [-0.15, -0.1) is 0 Å². The predicted octanol–water partition coefficient (Wildman–Crippen LogP) is 3.24. The molecule has 0 atom stereocenters. The van der Waals surface area contributed by atoms with Crippen molar-refractivity contribution in [3.8, 4) is 5.75 Å². The molecule has 0 saturated carbocycles. The van der Waals surface area contributed by atoms with Gasteiger partial charge in [0.15, 0.2) is 0 Å². The Kier molecular flexibility index (Phi) is 4.44. The second-order valence-corrected chi connectivity index (χ2v) is 5.17. The molecule has 0 fully saturated rings. The van der Waals surface area contributed by atoms with Crippen molar-refractivity contribution in [1.82, 2.24) is 0 Å². The number of hydrogen-bond donors (Lipinski definition) is 1. The predicted molar refractivity (Wildman–Crippen MR) is 76.7 cm³/mol. The molecule has 6 nitrogen and oxygen atoms in total. The Labute approximate surface area is 124 Å². The maximum absolute atomic E-state index is 11.4. The van der Waals surface area contributed by atoms with Crippen molar-refractivity contribution in [3.63, 3.8) is 0 Å². The number of nitro groups is 1. The first kappa shape index (κ1) is 14.9. The van der Waals surface area contributed by atoms with Crippen molar-refractivity contribution in [2.24, 2.45) is 0 Å². The number of rotatable bonds is 4. The Morgan fingerprint density at radius 2 is 1.81 bits per heavy atom. The fourth-order valence-corrected chi connectivity index (χ4v) is 2.48. The van der Waals surface area contributed by atoms with Gasteiger partial charge >= 0.3 is 5.97 Å². The zero-order chi connectivity index (χ0) is 15.4. The van der Waals surface area contributed by atoms with E-state index in [2.05, 4.69) is 4.74 Å². The van der Waals surface area contributed by atoms with E-state index in [1.165, 1.54) is 43.1 Å². The molecule has 0 aliphatic heterocycles. The van der Waals surface area contributed by atoms with Gasteiger partial charge in [-0.25, -0.2) is 4.79 Å². The van der Waals surface area contributed by atoms with Crippen LogP contribution in [0, 0.1) is 10.1 Å². The van der Waals surface area contributed by atoms with Gasteiger partial charge in [-0.05, 0) is 30.3 Å². The fraction of sp³-hybridized carbons (Fsp3) is 0.0714. The number of non-ortho nitro benzene ring substituents is 1. The van der Waals surface area contributed by atoms with Crippen LogP contribution in [0.25, 0.3) is 0 Å². The van der Waals surface area contributed by atoms with Crippen LogP contribution < -0.4 is 0 Å². The number of benzene rings is 2. The average molecular weight is 305 g/mol. The monoisotopic (exact) mass is 305 g/mol. The minimum absolute atomic E-state index is 0.0169. The van der Waals surface area contributed by atoms with E-state index in [4.69, 9.17) is 0 Å². The molecule has 21 heavy (non-hydrogen) atoms. The Balaban J connectivity index is 2.18. The quantitative estimate of drug-likeness (QED) is 0.530. The molecule has 108 valence electrons. The van der Waals surface area contributed by atoms with Gasteiger partial charge in [-0.3, -0.25) is 10.1 Å². The lowest BCUT2D eigenvalue weighted by Crippen LogP contribution is -2.01. The van der Waals surface area contributed by atoms with Crippen LogP contribution in [0.15, 0.2) is 52.3 Å². The van der Waals surface area contributed by atoms with Gasteiger partial charge in [0.1, 0.15) is 11.3 Å². The first-order valence-corrected chi connectivity index (χ1v) is 6.66. The number of ether oxygens (including phenoxy) is 1. The van der Waals surface area contributed by atoms with Crippen LogP contribution in [0.2, 0.25) is 0 Å². The highest BCUT2D eigenvalue weighted by Gasteiger charge is 2.12. The Hall–Kier alpha value is -2.54. The summed E-state index contributed by atoms with van der Waals surface area (Å²) in [7, 11) is 1.24. The van der Waals surface area contributed by atoms with Crippen LogP contribution in [-0.2, 0) is 4.74 Å². The lowest BCUT2D eigenvalue weighted by Gasteiger charge is -2.06. The van der Waals surface area contributed by atoms with Gasteiger partial charge in [0.2, 0.25) is 0 Å². The lowest BCUT2D eigenvalue weighted by atomic mass is 10.2. The first-order valence-electron chi connectivity index (χ1n) is 5.85. The van der Waals surface area contributed by atoms with Gasteiger partial charge in [-0.1, -0.05) is 11.8 Å². The Morgan fingerprint density at radius 1 is 1.19 bits per heavy atom. The van der Waals surface area contributed by atoms with Crippen LogP contribution in [0.1, 0.15) is 10.4 Å². The first-order chi connectivity index (χ1) is 10.0. The van der Waals surface area contributed by atoms with Crippen LogP contribution in [0.3, 0.4) is 0 Å². The van der Waals surface area contributed by atoms with Gasteiger partial charge < -0.3 is 9.84 Å². The smallest absolute Gasteiger partial charge is 0.341 e. The number of carbonyl (C=O) groups is 1. The number of nitrogens with zero attached hydrogens (tertiary/aromatic N) is 1. The van der Waals surface area contributed by atoms with Gasteiger partial charge in [0, 0.05) is 21.9 Å². The molecule has 7 heteroatoms. The molecule has 0 aliphatic rings. The number of esters is 1. The maximum atomic E-state index is 11.4. The second kappa shape index (κ2) is 6.27. The summed E-state index contributed by atoms with van der Waals surface area (Å²) in [5, 5.41) is 20.4. The molecule has 0 saturated heterocycles. The molecule has 1 N–H and O–H groups in total. The molecule has 0 radical (unpaired) electrons. The summed E-state index contributed by atoms with van der Waals surface area (Å²) in [6, 6.07) is 10.6. The molecular formula is C14H11NO5S. The number of aromatic hydroxyl groups is 1. The average Bonchev–Trinajstić information content (AvgIpc) is 2.47. The molecule has 2 aromatic carbocycles. The molecule has 0 unspecified atom stereocenters. The van der Waals surface area contributed by atoms with Crippen molar-refractivity contribution in [3.05, 3.63) is 58.1 Å². The number of phenolic OH excluding ortho intramolecular Hbond substituents is 1. The van der Waals surface area contributed by atoms with Crippen molar-refractivity contribution in [2.75, 3.05) is 7.11 Å². The van der Waals surface area contributed by atoms with E-state index in [9.17, 15) is 20.0 Å². The summed E-state index contributed by atoms with van der Waals surface area (Å²) in [5.74, 6) is -0.784. The Bertz CT molecular complexity index is 684. The molecular weight excluding hydrogens is 294 g/mol. The molecule has 0 heterocycles. The fourth-order valence-electron chi connectivity index (χ4n) is 1.63. The number of methoxy groups -OCH3 is 1. The normalized spacial score (nSPS) is 10.1. The van der Waals surface area contributed by atoms with E-state index < -0.39 is 10.9 Å². The van der Waals surface area contributed by atoms with Gasteiger partial charge in [-0.2, -0.15) is 0 Å². The van der Waals surface area contributed by atoms with E-state index in [1.54, 1.807) is 18.2 Å². The van der Waals surface area contributed by atoms with Gasteiger partial charge in [0.05, 0.1) is 12.0 Å². The summed E-state index contributed by atoms with van der Waals surface area (Å²) in [6.07, 6.45) is 0. The molecule has 0 bridgehead atoms. The third-order valence-corrected chi connectivity index (χ3v) is 3.66. The van der Waals surface area contributed by atoms with E-state index >= 15 is 0 Å². The van der Waals surface area contributed by atoms with Crippen LogP contribution in [-0.4, -0.2) is 23.1 Å². The summed E-state index contributed by atoms with van der Waals surface area (Å²) >= 11 is 1.32. The van der Waals surface area contributed by atoms with Crippen LogP contribution in [0.5, 0.6) is 5.75 Å². The summed E-state index contributed by atoms with van der Waals surface area (Å²) in [6.45, 7) is 0. The third-order valence-electron chi connectivity index (χ3n) is 2.66. The molecule has 2 aromatic rings. The molecule has 0 amide bonds. The molecule has 0 aromatic heterocycles. The lowest BCUT2D eigenvalue weighted by molar-refractivity contribution is -0.384. The van der Waals surface area contributed by atoms with Crippen molar-refractivity contribution >= 4 is 23.4 Å². The summed E-state index contributed by atoms with van der Waals surface area (Å²) in [4.78, 5) is 22.9. The largest absolute Gasteiger partial charge is 0.507 e. The standard InChI is InChI=1S/C14H11NO5S/c1-20-14(17)12-7-6-11(8-13(12)16)21-10-4-2-9(3-5-10)15(18)19/h2-8,16H,1H3. The zero-order valence-corrected chi connectivity index (χ0v) is 11.8. The van der Waals surface area contributed by atoms with E-state index in [0.29, 0.717) is 4.90 Å². The van der Waals surface area contributed by atoms with Gasteiger partial charge in [0.25, 0.3) is 5.69 Å². The van der Waals surface area contributed by atoms with Crippen molar-refractivity contribution in [1.29, 1.82) is 0 Å². The highest BCUT2D eigenvalue weighted by molar-refractivity contribution is 7.99. The number of nitro benzene ring substituents is 1. The van der Waals surface area contributed by atoms with E-state index in [0.717, 1.165) is 4.90 Å². The van der Waals surface area contributed by atoms with Crippen molar-refractivity contribution < 1.29 is 19.6 Å². The Morgan fingerprint density at radius 3 is 2.33 bits per heavy atom. The third kappa shape index (κ3) is 3.51. The topological polar surface area (TPSA) is 89.7 Å². The summed E-state index contributed by atoms with van der Waals surface area (Å²) in [5.41, 5.74) is 0.105. The number of carbonyl (C=O) groups excluding carboxylic acids is 1. The molecule has 2 rings (SSSR count). The van der Waals surface area contributed by atoms with Crippen molar-refractivity contribution in [2.45, 2.75) is 9.79 Å². The highest BCUT2D eigenvalue weighted by Crippen LogP contribution is 2.32. The highest BCUT2D eigenvalue weighted by atomic mass is 32.2. The minimum Gasteiger partial charge on any atom is -0.507 e. The zero-order valence-electron chi connectivity index (χ0n) is 11.0. The number of hydrogen-bond acceptors (Lipinski definition) is 6. The van der Waals surface area contributed by atoms with Crippen LogP contribution in [0.4, 0.5) is 5.69 Å².